The van der Waals surface area contributed by atoms with Crippen molar-refractivity contribution in [1.29, 1.82) is 5.26 Å². The van der Waals surface area contributed by atoms with Gasteiger partial charge in [0.2, 0.25) is 0 Å². The highest BCUT2D eigenvalue weighted by Crippen LogP contribution is 2.16. The van der Waals surface area contributed by atoms with E-state index in [2.05, 4.69) is 4.72 Å². The van der Waals surface area contributed by atoms with E-state index in [1.165, 1.54) is 24.3 Å². The van der Waals surface area contributed by atoms with Gasteiger partial charge in [-0.15, -0.1) is 0 Å². The van der Waals surface area contributed by atoms with E-state index < -0.39 is 22.0 Å². The molecule has 1 aliphatic rings. The molecule has 1 amide bonds. The number of amides is 1. The average molecular weight is 307 g/mol. The van der Waals surface area contributed by atoms with Gasteiger partial charge in [-0.1, -0.05) is 6.42 Å². The van der Waals surface area contributed by atoms with Crippen molar-refractivity contribution in [1.82, 2.24) is 9.62 Å². The zero-order chi connectivity index (χ0) is 15.5. The maximum Gasteiger partial charge on any atom is 0.264 e. The van der Waals surface area contributed by atoms with Crippen LogP contribution in [0.1, 0.15) is 24.8 Å². The number of benzene rings is 1. The number of carbonyl (C=O) groups excluding carboxylic acids is 1. The Hall–Kier alpha value is -1.91. The van der Waals surface area contributed by atoms with Crippen LogP contribution in [-0.2, 0) is 14.8 Å². The molecule has 2 rings (SSSR count). The van der Waals surface area contributed by atoms with Gasteiger partial charge in [-0.05, 0) is 50.7 Å². The minimum atomic E-state index is -3.89. The second-order valence-corrected chi connectivity index (χ2v) is 6.78. The minimum Gasteiger partial charge on any atom is -0.295 e. The lowest BCUT2D eigenvalue weighted by molar-refractivity contribution is -0.125. The van der Waals surface area contributed by atoms with E-state index in [1.807, 2.05) is 18.0 Å². The first-order valence-electron chi connectivity index (χ1n) is 6.71. The van der Waals surface area contributed by atoms with Gasteiger partial charge in [-0.2, -0.15) is 5.26 Å². The number of likely N-dealkylation sites (tertiary alicyclic amines) is 1. The molecule has 1 heterocycles. The first-order valence-corrected chi connectivity index (χ1v) is 8.19. The van der Waals surface area contributed by atoms with Gasteiger partial charge < -0.3 is 0 Å². The smallest absolute Gasteiger partial charge is 0.264 e. The van der Waals surface area contributed by atoms with Crippen molar-refractivity contribution in [3.8, 4) is 6.07 Å². The van der Waals surface area contributed by atoms with Crippen LogP contribution in [0.2, 0.25) is 0 Å². The second-order valence-electron chi connectivity index (χ2n) is 5.10. The molecule has 0 aromatic heterocycles. The zero-order valence-electron chi connectivity index (χ0n) is 11.7. The summed E-state index contributed by atoms with van der Waals surface area (Å²) in [6, 6.07) is 6.96. The lowest BCUT2D eigenvalue weighted by atomic mass is 10.0. The minimum absolute atomic E-state index is 0.0201. The number of carbonyl (C=O) groups is 1. The first kappa shape index (κ1) is 15.5. The van der Waals surface area contributed by atoms with E-state index in [9.17, 15) is 13.2 Å². The van der Waals surface area contributed by atoms with Crippen molar-refractivity contribution in [3.63, 3.8) is 0 Å². The number of piperidine rings is 1. The molecule has 0 radical (unpaired) electrons. The van der Waals surface area contributed by atoms with Crippen LogP contribution in [0.25, 0.3) is 0 Å². The number of likely N-dealkylation sites (N-methyl/N-ethyl adjacent to an activating group) is 1. The normalized spacial score (nSPS) is 19.7. The zero-order valence-corrected chi connectivity index (χ0v) is 12.6. The van der Waals surface area contributed by atoms with Gasteiger partial charge in [-0.25, -0.2) is 13.1 Å². The number of nitriles is 1. The molecule has 0 unspecified atom stereocenters. The summed E-state index contributed by atoms with van der Waals surface area (Å²) in [6.45, 7) is 0.787. The number of nitrogens with zero attached hydrogens (tertiary/aromatic N) is 2. The second kappa shape index (κ2) is 6.24. The van der Waals surface area contributed by atoms with E-state index >= 15 is 0 Å². The molecule has 0 aliphatic carbocycles. The summed E-state index contributed by atoms with van der Waals surface area (Å²) in [5.41, 5.74) is 0.368. The van der Waals surface area contributed by atoms with Gasteiger partial charge in [0.25, 0.3) is 15.9 Å². The highest BCUT2D eigenvalue weighted by molar-refractivity contribution is 7.90. The summed E-state index contributed by atoms with van der Waals surface area (Å²) in [5, 5.41) is 8.70. The molecule has 1 aromatic rings. The molecule has 1 aromatic carbocycles. The van der Waals surface area contributed by atoms with Crippen LogP contribution in [0.15, 0.2) is 29.2 Å². The number of sulfonamides is 1. The summed E-state index contributed by atoms with van der Waals surface area (Å²) in [6.07, 6.45) is 2.59. The van der Waals surface area contributed by atoms with Crippen molar-refractivity contribution < 1.29 is 13.2 Å². The van der Waals surface area contributed by atoms with E-state index in [-0.39, 0.29) is 4.90 Å². The molecule has 1 saturated heterocycles. The van der Waals surface area contributed by atoms with Gasteiger partial charge in [0, 0.05) is 0 Å². The van der Waals surface area contributed by atoms with Crippen molar-refractivity contribution >= 4 is 15.9 Å². The topological polar surface area (TPSA) is 90.3 Å². The fourth-order valence-electron chi connectivity index (χ4n) is 2.37. The highest BCUT2D eigenvalue weighted by atomic mass is 32.2. The van der Waals surface area contributed by atoms with Crippen LogP contribution in [-0.4, -0.2) is 38.9 Å². The third kappa shape index (κ3) is 3.60. The molecular formula is C14H17N3O3S. The van der Waals surface area contributed by atoms with Crippen molar-refractivity contribution in [3.05, 3.63) is 29.8 Å². The van der Waals surface area contributed by atoms with Crippen LogP contribution in [0.4, 0.5) is 0 Å². The summed E-state index contributed by atoms with van der Waals surface area (Å²) in [7, 11) is -2.08. The van der Waals surface area contributed by atoms with E-state index in [0.29, 0.717) is 12.0 Å². The number of hydrogen-bond acceptors (Lipinski definition) is 5. The molecule has 6 nitrogen and oxygen atoms in total. The Morgan fingerprint density at radius 2 is 2.00 bits per heavy atom. The fourth-order valence-corrected chi connectivity index (χ4v) is 3.39. The number of rotatable bonds is 3. The summed E-state index contributed by atoms with van der Waals surface area (Å²) < 4.78 is 26.4. The van der Waals surface area contributed by atoms with Gasteiger partial charge >= 0.3 is 0 Å². The average Bonchev–Trinajstić information content (AvgIpc) is 2.47. The van der Waals surface area contributed by atoms with Crippen LogP contribution in [0.5, 0.6) is 0 Å². The molecule has 1 atom stereocenters. The van der Waals surface area contributed by atoms with Crippen LogP contribution < -0.4 is 4.72 Å². The lowest BCUT2D eigenvalue weighted by Gasteiger charge is -2.30. The van der Waals surface area contributed by atoms with E-state index in [4.69, 9.17) is 5.26 Å². The molecule has 112 valence electrons. The molecule has 1 aliphatic heterocycles. The Morgan fingerprint density at radius 3 is 2.57 bits per heavy atom. The Labute approximate surface area is 124 Å². The van der Waals surface area contributed by atoms with Crippen LogP contribution in [0, 0.1) is 11.3 Å². The Kier molecular flexibility index (Phi) is 4.60. The predicted octanol–water partition coefficient (Wildman–Crippen LogP) is 0.847. The maximum atomic E-state index is 12.2. The molecular weight excluding hydrogens is 290 g/mol. The molecule has 0 bridgehead atoms. The highest BCUT2D eigenvalue weighted by Gasteiger charge is 2.29. The first-order chi connectivity index (χ1) is 9.94. The van der Waals surface area contributed by atoms with Crippen molar-refractivity contribution in [2.45, 2.75) is 30.2 Å². The predicted molar refractivity (Wildman–Crippen MR) is 76.8 cm³/mol. The van der Waals surface area contributed by atoms with Gasteiger partial charge in [-0.3, -0.25) is 9.69 Å². The molecule has 21 heavy (non-hydrogen) atoms. The number of hydrogen-bond donors (Lipinski definition) is 1. The fraction of sp³-hybridized carbons (Fsp3) is 0.429. The van der Waals surface area contributed by atoms with Crippen molar-refractivity contribution in [2.24, 2.45) is 0 Å². The lowest BCUT2D eigenvalue weighted by Crippen LogP contribution is -2.49. The largest absolute Gasteiger partial charge is 0.295 e. The molecule has 1 N–H and O–H groups in total. The van der Waals surface area contributed by atoms with E-state index in [1.54, 1.807) is 0 Å². The Bertz CT molecular complexity index is 662. The Balaban J connectivity index is 2.13. The molecule has 7 heteroatoms. The molecule has 0 saturated carbocycles. The number of nitrogens with one attached hydrogen (secondary N) is 1. The van der Waals surface area contributed by atoms with Gasteiger partial charge in [0.1, 0.15) is 0 Å². The summed E-state index contributed by atoms with van der Waals surface area (Å²) >= 11 is 0. The van der Waals surface area contributed by atoms with Crippen LogP contribution >= 0.6 is 0 Å². The third-order valence-corrected chi connectivity index (χ3v) is 4.96. The quantitative estimate of drug-likeness (QED) is 0.894. The van der Waals surface area contributed by atoms with Crippen molar-refractivity contribution in [2.75, 3.05) is 13.6 Å². The van der Waals surface area contributed by atoms with E-state index in [0.717, 1.165) is 19.4 Å². The summed E-state index contributed by atoms with van der Waals surface area (Å²) in [5.74, 6) is -0.499. The van der Waals surface area contributed by atoms with Gasteiger partial charge in [0.15, 0.2) is 0 Å². The monoisotopic (exact) mass is 307 g/mol. The Morgan fingerprint density at radius 1 is 1.33 bits per heavy atom. The van der Waals surface area contributed by atoms with Gasteiger partial charge in [0.05, 0.1) is 22.6 Å². The standard InChI is InChI=1S/C14H17N3O3S/c1-17-9-3-2-4-13(17)14(18)16-21(19,20)12-7-5-11(10-15)6-8-12/h5-8,13H,2-4,9H2,1H3,(H,16,18)/t13-/m1/s1. The van der Waals surface area contributed by atoms with Crippen LogP contribution in [0.3, 0.4) is 0 Å². The SMILES string of the molecule is CN1CCCC[C@@H]1C(=O)NS(=O)(=O)c1ccc(C#N)cc1. The third-order valence-electron chi connectivity index (χ3n) is 3.60. The summed E-state index contributed by atoms with van der Waals surface area (Å²) in [4.78, 5) is 14.0. The maximum absolute atomic E-state index is 12.2. The molecule has 0 spiro atoms. The molecule has 1 fully saturated rings.